The van der Waals surface area contributed by atoms with Gasteiger partial charge in [0.15, 0.2) is 0 Å². The predicted octanol–water partition coefficient (Wildman–Crippen LogP) is 3.11. The van der Waals surface area contributed by atoms with Crippen molar-refractivity contribution in [2.75, 3.05) is 24.6 Å². The van der Waals surface area contributed by atoms with Crippen molar-refractivity contribution in [3.05, 3.63) is 39.0 Å². The van der Waals surface area contributed by atoms with Crippen LogP contribution < -0.4 is 4.90 Å². The van der Waals surface area contributed by atoms with Crippen LogP contribution in [-0.4, -0.2) is 34.7 Å². The number of benzene rings is 1. The van der Waals surface area contributed by atoms with Crippen molar-refractivity contribution >= 4 is 38.2 Å². The van der Waals surface area contributed by atoms with Gasteiger partial charge in [0.05, 0.1) is 10.4 Å². The van der Waals surface area contributed by atoms with Gasteiger partial charge in [0.1, 0.15) is 11.9 Å². The zero-order chi connectivity index (χ0) is 15.7. The highest BCUT2D eigenvalue weighted by Gasteiger charge is 2.27. The summed E-state index contributed by atoms with van der Waals surface area (Å²) in [5, 5.41) is 21.6. The summed E-state index contributed by atoms with van der Waals surface area (Å²) >= 11 is 3.42. The monoisotopic (exact) mass is 365 g/mol. The number of nitro groups is 1. The van der Waals surface area contributed by atoms with Crippen LogP contribution in [0, 0.1) is 16.0 Å². The quantitative estimate of drug-likeness (QED) is 0.667. The van der Waals surface area contributed by atoms with Crippen LogP contribution in [0.15, 0.2) is 28.9 Å². The second kappa shape index (κ2) is 6.18. The summed E-state index contributed by atoms with van der Waals surface area (Å²) in [6.45, 7) is 1.49. The topological polar surface area (TPSA) is 79.5 Å². The summed E-state index contributed by atoms with van der Waals surface area (Å²) in [6, 6.07) is 5.59. The molecule has 1 aliphatic heterocycles. The van der Waals surface area contributed by atoms with Crippen molar-refractivity contribution in [1.82, 2.24) is 4.98 Å². The number of aliphatic hydroxyl groups excluding tert-OH is 1. The molecule has 0 radical (unpaired) electrons. The van der Waals surface area contributed by atoms with E-state index in [0.29, 0.717) is 12.2 Å². The Labute approximate surface area is 136 Å². The Morgan fingerprint density at radius 1 is 1.50 bits per heavy atom. The molecule has 2 heterocycles. The zero-order valence-corrected chi connectivity index (χ0v) is 13.5. The number of halogens is 1. The van der Waals surface area contributed by atoms with Crippen molar-refractivity contribution in [2.45, 2.75) is 12.8 Å². The van der Waals surface area contributed by atoms with Crippen LogP contribution in [-0.2, 0) is 0 Å². The Kier molecular flexibility index (Phi) is 4.26. The minimum Gasteiger partial charge on any atom is -0.396 e. The average Bonchev–Trinajstić information content (AvgIpc) is 2.53. The summed E-state index contributed by atoms with van der Waals surface area (Å²) in [4.78, 5) is 17.3. The van der Waals surface area contributed by atoms with Crippen LogP contribution in [0.5, 0.6) is 0 Å². The average molecular weight is 366 g/mol. The first kappa shape index (κ1) is 15.2. The lowest BCUT2D eigenvalue weighted by Crippen LogP contribution is -2.37. The highest BCUT2D eigenvalue weighted by atomic mass is 79.9. The van der Waals surface area contributed by atoms with Crippen LogP contribution in [0.3, 0.4) is 0 Å². The summed E-state index contributed by atoms with van der Waals surface area (Å²) in [5.41, 5.74) is 1.36. The zero-order valence-electron chi connectivity index (χ0n) is 11.9. The van der Waals surface area contributed by atoms with E-state index in [9.17, 15) is 15.2 Å². The van der Waals surface area contributed by atoms with E-state index in [0.717, 1.165) is 34.8 Å². The number of nitrogens with zero attached hydrogens (tertiary/aromatic N) is 3. The molecule has 0 saturated carbocycles. The van der Waals surface area contributed by atoms with Crippen molar-refractivity contribution in [2.24, 2.45) is 5.92 Å². The van der Waals surface area contributed by atoms with Gasteiger partial charge in [0, 0.05) is 29.6 Å². The van der Waals surface area contributed by atoms with Gasteiger partial charge in [-0.3, -0.25) is 10.1 Å². The first-order chi connectivity index (χ1) is 10.6. The van der Waals surface area contributed by atoms with Crippen LogP contribution in [0.25, 0.3) is 10.9 Å². The predicted molar refractivity (Wildman–Crippen MR) is 88.1 cm³/mol. The molecule has 1 fully saturated rings. The Morgan fingerprint density at radius 3 is 3.05 bits per heavy atom. The molecule has 0 unspecified atom stereocenters. The molecule has 1 saturated heterocycles. The third-order valence-electron chi connectivity index (χ3n) is 4.07. The van der Waals surface area contributed by atoms with Gasteiger partial charge in [0.25, 0.3) is 0 Å². The molecule has 2 aromatic rings. The van der Waals surface area contributed by atoms with Gasteiger partial charge >= 0.3 is 5.69 Å². The fourth-order valence-corrected chi connectivity index (χ4v) is 3.38. The number of aliphatic hydroxyl groups is 1. The van der Waals surface area contributed by atoms with Crippen LogP contribution in [0.1, 0.15) is 12.8 Å². The number of rotatable bonds is 3. The molecule has 1 N–H and O–H groups in total. The normalized spacial score (nSPS) is 18.6. The maximum Gasteiger partial charge on any atom is 0.311 e. The van der Waals surface area contributed by atoms with E-state index < -0.39 is 0 Å². The molecule has 116 valence electrons. The fraction of sp³-hybridized carbons (Fsp3) is 0.400. The first-order valence-electron chi connectivity index (χ1n) is 7.18. The van der Waals surface area contributed by atoms with Crippen LogP contribution in [0.2, 0.25) is 0 Å². The number of aromatic nitrogens is 1. The molecular weight excluding hydrogens is 350 g/mol. The minimum atomic E-state index is -0.384. The summed E-state index contributed by atoms with van der Waals surface area (Å²) < 4.78 is 0.860. The number of piperidine rings is 1. The minimum absolute atomic E-state index is 0.0178. The third-order valence-corrected chi connectivity index (χ3v) is 4.57. The summed E-state index contributed by atoms with van der Waals surface area (Å²) in [6.07, 6.45) is 3.20. The molecule has 1 aliphatic rings. The maximum atomic E-state index is 11.4. The SMILES string of the molecule is O=[N+]([O-])c1cnc2ccc(Br)cc2c1N1CCC[C@H](CO)C1. The van der Waals surface area contributed by atoms with E-state index in [-0.39, 0.29) is 23.1 Å². The lowest BCUT2D eigenvalue weighted by molar-refractivity contribution is -0.384. The molecule has 0 amide bonds. The van der Waals surface area contributed by atoms with Crippen molar-refractivity contribution in [3.63, 3.8) is 0 Å². The number of hydrogen-bond donors (Lipinski definition) is 1. The molecule has 1 aromatic carbocycles. The van der Waals surface area contributed by atoms with Gasteiger partial charge in [-0.05, 0) is 37.0 Å². The van der Waals surface area contributed by atoms with Crippen LogP contribution in [0.4, 0.5) is 11.4 Å². The Bertz CT molecular complexity index is 722. The van der Waals surface area contributed by atoms with E-state index in [1.807, 2.05) is 23.1 Å². The van der Waals surface area contributed by atoms with Gasteiger partial charge in [-0.25, -0.2) is 4.98 Å². The van der Waals surface area contributed by atoms with Crippen LogP contribution >= 0.6 is 15.9 Å². The molecule has 22 heavy (non-hydrogen) atoms. The van der Waals surface area contributed by atoms with E-state index >= 15 is 0 Å². The summed E-state index contributed by atoms with van der Waals surface area (Å²) in [5.74, 6) is 0.156. The molecule has 1 aromatic heterocycles. The lowest BCUT2D eigenvalue weighted by atomic mass is 9.97. The molecule has 0 aliphatic carbocycles. The molecular formula is C15H16BrN3O3. The van der Waals surface area contributed by atoms with E-state index in [1.54, 1.807) is 0 Å². The van der Waals surface area contributed by atoms with E-state index in [1.165, 1.54) is 6.20 Å². The van der Waals surface area contributed by atoms with Gasteiger partial charge in [-0.1, -0.05) is 15.9 Å². The summed E-state index contributed by atoms with van der Waals surface area (Å²) in [7, 11) is 0. The number of anilines is 1. The molecule has 1 atom stereocenters. The second-order valence-electron chi connectivity index (χ2n) is 5.55. The molecule has 0 bridgehead atoms. The largest absolute Gasteiger partial charge is 0.396 e. The van der Waals surface area contributed by atoms with Crippen molar-refractivity contribution < 1.29 is 10.0 Å². The number of hydrogen-bond acceptors (Lipinski definition) is 5. The van der Waals surface area contributed by atoms with Gasteiger partial charge < -0.3 is 10.0 Å². The van der Waals surface area contributed by atoms with Crippen molar-refractivity contribution in [3.8, 4) is 0 Å². The highest BCUT2D eigenvalue weighted by Crippen LogP contribution is 2.38. The van der Waals surface area contributed by atoms with E-state index in [4.69, 9.17) is 0 Å². The molecule has 6 nitrogen and oxygen atoms in total. The van der Waals surface area contributed by atoms with Gasteiger partial charge in [-0.15, -0.1) is 0 Å². The smallest absolute Gasteiger partial charge is 0.311 e. The fourth-order valence-electron chi connectivity index (χ4n) is 3.02. The van der Waals surface area contributed by atoms with Crippen molar-refractivity contribution in [1.29, 1.82) is 0 Å². The number of pyridine rings is 1. The number of fused-ring (bicyclic) bond motifs is 1. The molecule has 0 spiro atoms. The highest BCUT2D eigenvalue weighted by molar-refractivity contribution is 9.10. The lowest BCUT2D eigenvalue weighted by Gasteiger charge is -2.33. The Hall–Kier alpha value is -1.73. The Balaban J connectivity index is 2.17. The first-order valence-corrected chi connectivity index (χ1v) is 7.98. The maximum absolute atomic E-state index is 11.4. The molecule has 7 heteroatoms. The van der Waals surface area contributed by atoms with Gasteiger partial charge in [-0.2, -0.15) is 0 Å². The second-order valence-corrected chi connectivity index (χ2v) is 6.46. The third kappa shape index (κ3) is 2.78. The standard InChI is InChI=1S/C15H16BrN3O3/c16-11-3-4-13-12(6-11)15(14(7-17-13)19(21)22)18-5-1-2-10(8-18)9-20/h3-4,6-7,10,20H,1-2,5,8-9H2/t10-/m0/s1. The molecule has 3 rings (SSSR count). The van der Waals surface area contributed by atoms with E-state index in [2.05, 4.69) is 20.9 Å². The Morgan fingerprint density at radius 2 is 2.32 bits per heavy atom. The van der Waals surface area contributed by atoms with Gasteiger partial charge in [0.2, 0.25) is 0 Å².